The highest BCUT2D eigenvalue weighted by atomic mass is 16.2. The van der Waals surface area contributed by atoms with Crippen molar-refractivity contribution < 1.29 is 9.28 Å². The van der Waals surface area contributed by atoms with Gasteiger partial charge in [-0.2, -0.15) is 4.48 Å². The van der Waals surface area contributed by atoms with Crippen LogP contribution in [0.1, 0.15) is 38.7 Å². The highest BCUT2D eigenvalue weighted by Crippen LogP contribution is 2.37. The number of quaternary nitrogens is 1. The predicted octanol–water partition coefficient (Wildman–Crippen LogP) is 4.29. The van der Waals surface area contributed by atoms with Crippen LogP contribution in [0, 0.1) is 0 Å². The minimum absolute atomic E-state index is 0.0388. The molecule has 1 unspecified atom stereocenters. The second kappa shape index (κ2) is 6.93. The Morgan fingerprint density at radius 1 is 1.17 bits per heavy atom. The lowest BCUT2D eigenvalue weighted by atomic mass is 10.1. The second-order valence-corrected chi connectivity index (χ2v) is 6.00. The smallest absolute Gasteiger partial charge is 0.245 e. The molecule has 0 bridgehead atoms. The predicted molar refractivity (Wildman–Crippen MR) is 95.2 cm³/mol. The number of allylic oxidation sites excluding steroid dienone is 1. The minimum Gasteiger partial charge on any atom is -0.245 e. The van der Waals surface area contributed by atoms with Gasteiger partial charge in [0.05, 0.1) is 6.54 Å². The summed E-state index contributed by atoms with van der Waals surface area (Å²) in [6.45, 7) is 4.91. The van der Waals surface area contributed by atoms with E-state index in [4.69, 9.17) is 0 Å². The summed E-state index contributed by atoms with van der Waals surface area (Å²) in [4.78, 5) is 22.0. The van der Waals surface area contributed by atoms with Crippen molar-refractivity contribution in [3.8, 4) is 0 Å². The van der Waals surface area contributed by atoms with Crippen molar-refractivity contribution in [1.29, 1.82) is 0 Å². The van der Waals surface area contributed by atoms with E-state index < -0.39 is 0 Å². The number of amides is 1. The fourth-order valence-corrected chi connectivity index (χ4v) is 3.27. The van der Waals surface area contributed by atoms with Gasteiger partial charge in [-0.15, -0.1) is 0 Å². The summed E-state index contributed by atoms with van der Waals surface area (Å²) in [7, 11) is 0. The number of imidazole rings is 1. The first-order valence-electron chi connectivity index (χ1n) is 8.48. The average Bonchev–Trinajstić information content (AvgIpc) is 3.25. The van der Waals surface area contributed by atoms with E-state index in [9.17, 15) is 4.79 Å². The molecular formula is C19H23N4O+. The fourth-order valence-electron chi connectivity index (χ4n) is 3.27. The van der Waals surface area contributed by atoms with Crippen LogP contribution in [-0.4, -0.2) is 32.9 Å². The molecule has 1 aromatic carbocycles. The molecule has 1 atom stereocenters. The van der Waals surface area contributed by atoms with Crippen molar-refractivity contribution in [1.82, 2.24) is 9.55 Å². The third kappa shape index (κ3) is 2.71. The van der Waals surface area contributed by atoms with Crippen LogP contribution >= 0.6 is 0 Å². The van der Waals surface area contributed by atoms with Crippen LogP contribution in [0.2, 0.25) is 0 Å². The Morgan fingerprint density at radius 2 is 1.96 bits per heavy atom. The van der Waals surface area contributed by atoms with Gasteiger partial charge in [-0.25, -0.2) is 19.3 Å². The molecule has 0 fully saturated rings. The first kappa shape index (κ1) is 16.3. The summed E-state index contributed by atoms with van der Waals surface area (Å²) in [6.07, 6.45) is 9.43. The van der Waals surface area contributed by atoms with E-state index in [-0.39, 0.29) is 10.5 Å². The first-order chi connectivity index (χ1) is 11.7. The van der Waals surface area contributed by atoms with Crippen molar-refractivity contribution >= 4 is 18.1 Å². The highest BCUT2D eigenvalue weighted by molar-refractivity contribution is 5.90. The van der Waals surface area contributed by atoms with Gasteiger partial charge in [0.2, 0.25) is 6.34 Å². The normalized spacial score (nSPS) is 19.9. The third-order valence-electron chi connectivity index (χ3n) is 4.26. The molecule has 0 saturated carbocycles. The molecule has 1 aromatic heterocycles. The first-order valence-corrected chi connectivity index (χ1v) is 8.48. The molecule has 2 aromatic rings. The second-order valence-electron chi connectivity index (χ2n) is 6.00. The Labute approximate surface area is 142 Å². The number of aliphatic imine (C=N–C) groups is 1. The number of aromatic nitrogens is 2. The monoisotopic (exact) mass is 323 g/mol. The number of hydrogen-bond acceptors (Lipinski definition) is 3. The van der Waals surface area contributed by atoms with E-state index in [2.05, 4.69) is 36.0 Å². The Hall–Kier alpha value is -2.53. The molecule has 0 radical (unpaired) electrons. The Kier molecular flexibility index (Phi) is 4.71. The lowest BCUT2D eigenvalue weighted by molar-refractivity contribution is -0.669. The molecule has 124 valence electrons. The molecule has 2 heterocycles. The number of benzene rings is 1. The van der Waals surface area contributed by atoms with Crippen LogP contribution < -0.4 is 0 Å². The van der Waals surface area contributed by atoms with E-state index in [0.717, 1.165) is 36.2 Å². The molecule has 1 aliphatic heterocycles. The van der Waals surface area contributed by atoms with E-state index in [1.165, 1.54) is 0 Å². The fraction of sp³-hybridized carbons (Fsp3) is 0.316. The van der Waals surface area contributed by atoms with Crippen LogP contribution in [0.5, 0.6) is 0 Å². The van der Waals surface area contributed by atoms with E-state index >= 15 is 0 Å². The van der Waals surface area contributed by atoms with Crippen LogP contribution in [0.4, 0.5) is 4.79 Å². The summed E-state index contributed by atoms with van der Waals surface area (Å²) in [6, 6.07) is 10.1. The molecule has 1 aliphatic rings. The number of carbonyl (C=O) groups excluding carboxylic acids is 1. The van der Waals surface area contributed by atoms with Crippen LogP contribution in [0.15, 0.2) is 59.7 Å². The number of rotatable bonds is 5. The topological polar surface area (TPSA) is 47.2 Å². The van der Waals surface area contributed by atoms with Gasteiger partial charge in [0.1, 0.15) is 12.0 Å². The molecule has 5 heteroatoms. The molecule has 0 N–H and O–H groups in total. The summed E-state index contributed by atoms with van der Waals surface area (Å²) < 4.78 is 1.67. The van der Waals surface area contributed by atoms with E-state index in [0.29, 0.717) is 6.54 Å². The van der Waals surface area contributed by atoms with Gasteiger partial charge >= 0.3 is 6.03 Å². The molecular weight excluding hydrogens is 300 g/mol. The van der Waals surface area contributed by atoms with E-state index in [1.54, 1.807) is 29.6 Å². The average molecular weight is 323 g/mol. The van der Waals surface area contributed by atoms with Gasteiger partial charge in [0.15, 0.2) is 5.70 Å². The summed E-state index contributed by atoms with van der Waals surface area (Å²) >= 11 is 0. The third-order valence-corrected chi connectivity index (χ3v) is 4.26. The largest absolute Gasteiger partial charge is 0.439 e. The lowest BCUT2D eigenvalue weighted by Gasteiger charge is -2.29. The molecule has 0 saturated heterocycles. The van der Waals surface area contributed by atoms with Gasteiger partial charge < -0.3 is 0 Å². The maximum atomic E-state index is 13.3. The Bertz CT molecular complexity index is 762. The zero-order valence-electron chi connectivity index (χ0n) is 14.2. The quantitative estimate of drug-likeness (QED) is 0.771. The minimum atomic E-state index is -0.0388. The highest BCUT2D eigenvalue weighted by Gasteiger charge is 2.46. The molecule has 24 heavy (non-hydrogen) atoms. The number of carbonyl (C=O) groups is 1. The van der Waals surface area contributed by atoms with Crippen LogP contribution in [-0.2, 0) is 0 Å². The van der Waals surface area contributed by atoms with Crippen molar-refractivity contribution in [2.24, 2.45) is 4.99 Å². The van der Waals surface area contributed by atoms with Crippen molar-refractivity contribution in [3.05, 3.63) is 60.3 Å². The molecule has 3 rings (SSSR count). The zero-order chi connectivity index (χ0) is 17.0. The Balaban J connectivity index is 2.17. The van der Waals surface area contributed by atoms with Crippen LogP contribution in [0.3, 0.4) is 0 Å². The maximum absolute atomic E-state index is 13.3. The van der Waals surface area contributed by atoms with E-state index in [1.807, 2.05) is 18.2 Å². The molecule has 0 aliphatic carbocycles. The number of nitrogens with zero attached hydrogens (tertiary/aromatic N) is 4. The van der Waals surface area contributed by atoms with Gasteiger partial charge in [-0.3, -0.25) is 0 Å². The van der Waals surface area contributed by atoms with Gasteiger partial charge in [0, 0.05) is 18.0 Å². The number of hydrogen-bond donors (Lipinski definition) is 0. The van der Waals surface area contributed by atoms with Gasteiger partial charge in [-0.1, -0.05) is 38.5 Å². The van der Waals surface area contributed by atoms with Crippen molar-refractivity contribution in [2.45, 2.75) is 33.1 Å². The summed E-state index contributed by atoms with van der Waals surface area (Å²) in [5.41, 5.74) is 3.06. The van der Waals surface area contributed by atoms with Crippen molar-refractivity contribution in [2.75, 3.05) is 6.54 Å². The van der Waals surface area contributed by atoms with Crippen molar-refractivity contribution in [3.63, 3.8) is 0 Å². The summed E-state index contributed by atoms with van der Waals surface area (Å²) in [5, 5.41) is 0. The Morgan fingerprint density at radius 3 is 2.58 bits per heavy atom. The standard InChI is InChI=1S/C19H23N4O/c1-3-8-17-18(16-9-6-5-7-10-16)23(13-4-2,15-21-17)19(24)22-12-11-20-14-22/h5-7,9-12,14-15H,3-4,8,13H2,1-2H3/q+1. The lowest BCUT2D eigenvalue weighted by Crippen LogP contribution is -2.51. The zero-order valence-corrected chi connectivity index (χ0v) is 14.2. The SMILES string of the molecule is CCCC1=C(c2ccccc2)[N+](CCC)(C(=O)n2ccnc2)C=N1. The molecule has 5 nitrogen and oxygen atoms in total. The van der Waals surface area contributed by atoms with Crippen LogP contribution in [0.25, 0.3) is 5.70 Å². The maximum Gasteiger partial charge on any atom is 0.439 e. The molecule has 1 amide bonds. The van der Waals surface area contributed by atoms with Gasteiger partial charge in [-0.05, 0) is 25.0 Å². The van der Waals surface area contributed by atoms with Gasteiger partial charge in [0.25, 0.3) is 0 Å². The molecule has 0 spiro atoms. The summed E-state index contributed by atoms with van der Waals surface area (Å²) in [5.74, 6) is 0.